The Balaban J connectivity index is 0.000000213. The second-order valence-electron chi connectivity index (χ2n) is 3.07. The highest BCUT2D eigenvalue weighted by Gasteiger charge is 1.94. The number of hydrogen-bond acceptors (Lipinski definition) is 0. The lowest BCUT2D eigenvalue weighted by Gasteiger charge is -1.86. The zero-order valence-corrected chi connectivity index (χ0v) is 8.67. The summed E-state index contributed by atoms with van der Waals surface area (Å²) in [6.45, 7) is 4.05. The Morgan fingerprint density at radius 1 is 1.36 bits per heavy atom. The van der Waals surface area contributed by atoms with E-state index < -0.39 is 0 Å². The molecule has 0 aliphatic rings. The summed E-state index contributed by atoms with van der Waals surface area (Å²) in [5, 5.41) is 1.32. The van der Waals surface area contributed by atoms with E-state index in [0.29, 0.717) is 0 Å². The van der Waals surface area contributed by atoms with Gasteiger partial charge in [0.15, 0.2) is 0 Å². The van der Waals surface area contributed by atoms with Gasteiger partial charge in [-0.2, -0.15) is 0 Å². The number of nitrogens with one attached hydrogen (secondary N) is 1. The predicted octanol–water partition coefficient (Wildman–Crippen LogP) is 3.51. The number of para-hydroxylation sites is 1. The summed E-state index contributed by atoms with van der Waals surface area (Å²) in [4.78, 5) is 3.19. The molecular weight excluding hydrogens is 170 g/mol. The SMILES string of the molecule is C#CCC.Cc1c[nH]c2ccccc12. The van der Waals surface area contributed by atoms with Gasteiger partial charge in [-0.15, -0.1) is 12.3 Å². The number of terminal acetylenes is 1. The predicted molar refractivity (Wildman–Crippen MR) is 62.2 cm³/mol. The Morgan fingerprint density at radius 2 is 2.00 bits per heavy atom. The van der Waals surface area contributed by atoms with E-state index in [4.69, 9.17) is 6.42 Å². The van der Waals surface area contributed by atoms with Gasteiger partial charge in [0.05, 0.1) is 0 Å². The van der Waals surface area contributed by atoms with Crippen molar-refractivity contribution in [3.05, 3.63) is 36.0 Å². The molecule has 2 aromatic rings. The number of rotatable bonds is 0. The molecule has 0 saturated carbocycles. The van der Waals surface area contributed by atoms with E-state index in [2.05, 4.69) is 36.0 Å². The summed E-state index contributed by atoms with van der Waals surface area (Å²) in [6.07, 6.45) is 7.66. The molecule has 0 radical (unpaired) electrons. The maximum Gasteiger partial charge on any atom is 0.0456 e. The van der Waals surface area contributed by atoms with E-state index in [1.54, 1.807) is 0 Å². The van der Waals surface area contributed by atoms with Crippen molar-refractivity contribution in [1.82, 2.24) is 4.98 Å². The average molecular weight is 185 g/mol. The molecule has 0 bridgehead atoms. The summed E-state index contributed by atoms with van der Waals surface area (Å²) in [5.74, 6) is 2.43. The molecule has 1 heterocycles. The van der Waals surface area contributed by atoms with Gasteiger partial charge in [-0.25, -0.2) is 0 Å². The smallest absolute Gasteiger partial charge is 0.0456 e. The van der Waals surface area contributed by atoms with Crippen LogP contribution in [0.1, 0.15) is 18.9 Å². The van der Waals surface area contributed by atoms with Crippen molar-refractivity contribution in [2.45, 2.75) is 20.3 Å². The van der Waals surface area contributed by atoms with Crippen LogP contribution in [0.2, 0.25) is 0 Å². The standard InChI is InChI=1S/C9H9N.C4H6/c1-7-6-10-9-5-3-2-4-8(7)9;1-3-4-2/h2-6,10H,1H3;1H,4H2,2H3. The van der Waals surface area contributed by atoms with Gasteiger partial charge in [-0.1, -0.05) is 25.1 Å². The molecule has 0 aliphatic carbocycles. The van der Waals surface area contributed by atoms with Crippen LogP contribution in [0, 0.1) is 19.3 Å². The third kappa shape index (κ3) is 2.40. The van der Waals surface area contributed by atoms with Crippen molar-refractivity contribution in [2.75, 3.05) is 0 Å². The monoisotopic (exact) mass is 185 g/mol. The van der Waals surface area contributed by atoms with E-state index in [-0.39, 0.29) is 0 Å². The van der Waals surface area contributed by atoms with E-state index in [1.165, 1.54) is 16.5 Å². The molecular formula is C13H15N. The lowest BCUT2D eigenvalue weighted by Crippen LogP contribution is -1.64. The van der Waals surface area contributed by atoms with Gasteiger partial charge in [-0.3, -0.25) is 0 Å². The fraction of sp³-hybridized carbons (Fsp3) is 0.231. The van der Waals surface area contributed by atoms with Crippen molar-refractivity contribution >= 4 is 10.9 Å². The molecule has 0 spiro atoms. The molecule has 1 aromatic carbocycles. The van der Waals surface area contributed by atoms with E-state index in [0.717, 1.165) is 6.42 Å². The third-order valence-electron chi connectivity index (χ3n) is 2.00. The Kier molecular flexibility index (Phi) is 3.82. The maximum atomic E-state index is 4.78. The number of benzene rings is 1. The Hall–Kier alpha value is -1.68. The van der Waals surface area contributed by atoms with E-state index in [9.17, 15) is 0 Å². The first-order chi connectivity index (χ1) is 6.79. The number of aromatic nitrogens is 1. The van der Waals surface area contributed by atoms with Gasteiger partial charge in [0.1, 0.15) is 0 Å². The van der Waals surface area contributed by atoms with Crippen LogP contribution in [0.5, 0.6) is 0 Å². The lowest BCUT2D eigenvalue weighted by atomic mass is 10.2. The summed E-state index contributed by atoms with van der Waals surface area (Å²) < 4.78 is 0. The first-order valence-corrected chi connectivity index (χ1v) is 4.75. The van der Waals surface area contributed by atoms with Gasteiger partial charge in [0, 0.05) is 23.5 Å². The average Bonchev–Trinajstić information content (AvgIpc) is 2.62. The minimum Gasteiger partial charge on any atom is -0.361 e. The Labute approximate surface area is 85.2 Å². The van der Waals surface area contributed by atoms with Gasteiger partial charge in [0.2, 0.25) is 0 Å². The Morgan fingerprint density at radius 3 is 2.57 bits per heavy atom. The molecule has 1 heteroatoms. The van der Waals surface area contributed by atoms with Crippen LogP contribution in [0.3, 0.4) is 0 Å². The fourth-order valence-corrected chi connectivity index (χ4v) is 1.22. The zero-order chi connectivity index (χ0) is 10.4. The Bertz CT molecular complexity index is 432. The minimum absolute atomic E-state index is 0.847. The first-order valence-electron chi connectivity index (χ1n) is 4.75. The van der Waals surface area contributed by atoms with E-state index in [1.807, 2.05) is 19.2 Å². The fourth-order valence-electron chi connectivity index (χ4n) is 1.22. The number of fused-ring (bicyclic) bond motifs is 1. The van der Waals surface area contributed by atoms with Gasteiger partial charge >= 0.3 is 0 Å². The van der Waals surface area contributed by atoms with Crippen molar-refractivity contribution in [1.29, 1.82) is 0 Å². The van der Waals surface area contributed by atoms with Crippen LogP contribution in [0.4, 0.5) is 0 Å². The molecule has 14 heavy (non-hydrogen) atoms. The molecule has 0 aliphatic heterocycles. The summed E-state index contributed by atoms with van der Waals surface area (Å²) in [7, 11) is 0. The molecule has 0 amide bonds. The third-order valence-corrected chi connectivity index (χ3v) is 2.00. The molecule has 0 unspecified atom stereocenters. The van der Waals surface area contributed by atoms with Gasteiger partial charge in [-0.05, 0) is 18.6 Å². The maximum absolute atomic E-state index is 4.78. The summed E-state index contributed by atoms with van der Waals surface area (Å²) in [5.41, 5.74) is 2.54. The van der Waals surface area contributed by atoms with Crippen LogP contribution in [0.15, 0.2) is 30.5 Å². The molecule has 2 rings (SSSR count). The van der Waals surface area contributed by atoms with Gasteiger partial charge < -0.3 is 4.98 Å². The lowest BCUT2D eigenvalue weighted by molar-refractivity contribution is 1.28. The quantitative estimate of drug-likeness (QED) is 0.604. The summed E-state index contributed by atoms with van der Waals surface area (Å²) >= 11 is 0. The van der Waals surface area contributed by atoms with E-state index >= 15 is 0 Å². The molecule has 0 saturated heterocycles. The molecule has 1 N–H and O–H groups in total. The normalized spacial score (nSPS) is 8.93. The summed E-state index contributed by atoms with van der Waals surface area (Å²) in [6, 6.07) is 8.31. The largest absolute Gasteiger partial charge is 0.361 e. The van der Waals surface area contributed by atoms with Crippen molar-refractivity contribution in [3.63, 3.8) is 0 Å². The van der Waals surface area contributed by atoms with Crippen LogP contribution in [0.25, 0.3) is 10.9 Å². The number of aryl methyl sites for hydroxylation is 1. The number of hydrogen-bond donors (Lipinski definition) is 1. The topological polar surface area (TPSA) is 15.8 Å². The highest BCUT2D eigenvalue weighted by molar-refractivity contribution is 5.82. The van der Waals surface area contributed by atoms with Crippen LogP contribution in [-0.2, 0) is 0 Å². The highest BCUT2D eigenvalue weighted by atomic mass is 14.7. The number of H-pyrrole nitrogens is 1. The number of aromatic amines is 1. The molecule has 0 atom stereocenters. The van der Waals surface area contributed by atoms with Crippen molar-refractivity contribution in [2.24, 2.45) is 0 Å². The molecule has 72 valence electrons. The van der Waals surface area contributed by atoms with Crippen LogP contribution >= 0.6 is 0 Å². The zero-order valence-electron chi connectivity index (χ0n) is 8.67. The molecule has 0 fully saturated rings. The van der Waals surface area contributed by atoms with Crippen molar-refractivity contribution < 1.29 is 0 Å². The van der Waals surface area contributed by atoms with Crippen LogP contribution in [-0.4, -0.2) is 4.98 Å². The first kappa shape index (κ1) is 10.4. The molecule has 1 nitrogen and oxygen atoms in total. The highest BCUT2D eigenvalue weighted by Crippen LogP contribution is 2.15. The van der Waals surface area contributed by atoms with Crippen LogP contribution < -0.4 is 0 Å². The second-order valence-corrected chi connectivity index (χ2v) is 3.07. The molecule has 1 aromatic heterocycles. The van der Waals surface area contributed by atoms with Crippen molar-refractivity contribution in [3.8, 4) is 12.3 Å². The van der Waals surface area contributed by atoms with Gasteiger partial charge in [0.25, 0.3) is 0 Å². The minimum atomic E-state index is 0.847. The second kappa shape index (κ2) is 5.14.